The van der Waals surface area contributed by atoms with Crippen molar-refractivity contribution in [1.29, 1.82) is 0 Å². The molecule has 1 rings (SSSR count). The van der Waals surface area contributed by atoms with E-state index in [1.54, 1.807) is 6.07 Å². The molecule has 76 valence electrons. The second kappa shape index (κ2) is 3.92. The maximum Gasteiger partial charge on any atom is 0.186 e. The van der Waals surface area contributed by atoms with E-state index < -0.39 is 11.8 Å². The van der Waals surface area contributed by atoms with Crippen LogP contribution in [0.1, 0.15) is 25.5 Å². The van der Waals surface area contributed by atoms with Crippen LogP contribution >= 0.6 is 0 Å². The average molecular weight is 197 g/mol. The molecule has 0 amide bonds. The Bertz CT molecular complexity index is 309. The summed E-state index contributed by atoms with van der Waals surface area (Å²) in [5.41, 5.74) is -1.22. The van der Waals surface area contributed by atoms with E-state index in [0.29, 0.717) is 10.3 Å². The fraction of sp³-hybridized carbons (Fsp3) is 0.400. The van der Waals surface area contributed by atoms with Crippen molar-refractivity contribution in [1.82, 2.24) is 0 Å². The highest BCUT2D eigenvalue weighted by Crippen LogP contribution is 2.31. The Morgan fingerprint density at radius 1 is 1.64 bits per heavy atom. The molecule has 1 unspecified atom stereocenters. The van der Waals surface area contributed by atoms with Gasteiger partial charge in [-0.05, 0) is 19.9 Å². The normalized spacial score (nSPS) is 14.0. The zero-order valence-corrected chi connectivity index (χ0v) is 8.11. The Labute approximate surface area is 82.7 Å². The van der Waals surface area contributed by atoms with Gasteiger partial charge in [0.2, 0.25) is 0 Å². The second-order valence-corrected chi connectivity index (χ2v) is 3.58. The van der Waals surface area contributed by atoms with E-state index in [2.05, 4.69) is 4.74 Å². The number of pyridine rings is 1. The molecule has 0 aliphatic heterocycles. The van der Waals surface area contributed by atoms with E-state index in [9.17, 15) is 9.60 Å². The molecule has 14 heavy (non-hydrogen) atoms. The van der Waals surface area contributed by atoms with Crippen LogP contribution in [0.25, 0.3) is 0 Å². The van der Waals surface area contributed by atoms with E-state index in [0.717, 1.165) is 0 Å². The quantitative estimate of drug-likeness (QED) is 0.547. The first-order valence-electron chi connectivity index (χ1n) is 4.18. The number of hydrogen-bond donors (Lipinski definition) is 0. The highest BCUT2D eigenvalue weighted by atomic mass is 19.1. The lowest BCUT2D eigenvalue weighted by Crippen LogP contribution is -2.30. The molecule has 0 spiro atoms. The Morgan fingerprint density at radius 3 is 2.71 bits per heavy atom. The molecule has 0 bridgehead atoms. The maximum absolute atomic E-state index is 13.6. The van der Waals surface area contributed by atoms with Crippen LogP contribution in [0.2, 0.25) is 0 Å². The van der Waals surface area contributed by atoms with Crippen LogP contribution < -0.4 is 4.73 Å². The van der Waals surface area contributed by atoms with Gasteiger partial charge < -0.3 is 9.94 Å². The number of nitrogens with zero attached hydrogens (tertiary/aromatic N) is 1. The van der Waals surface area contributed by atoms with Gasteiger partial charge in [-0.2, -0.15) is 4.73 Å². The van der Waals surface area contributed by atoms with Gasteiger partial charge in [-0.15, -0.1) is 0 Å². The number of rotatable bonds is 3. The number of aromatic nitrogens is 1. The first-order valence-corrected chi connectivity index (χ1v) is 4.18. The van der Waals surface area contributed by atoms with Gasteiger partial charge in [0.25, 0.3) is 0 Å². The van der Waals surface area contributed by atoms with Crippen LogP contribution in [0.4, 0.5) is 4.39 Å². The SMILES string of the molecule is [CH]OC(c1ccc[n+]([O-])c1)C(C)(C)F. The van der Waals surface area contributed by atoms with Crippen LogP contribution in [0.15, 0.2) is 24.5 Å². The Balaban J connectivity index is 3.01. The molecule has 0 aliphatic rings. The van der Waals surface area contributed by atoms with E-state index >= 15 is 0 Å². The summed E-state index contributed by atoms with van der Waals surface area (Å²) in [4.78, 5) is 0. The van der Waals surface area contributed by atoms with E-state index in [1.807, 2.05) is 0 Å². The maximum atomic E-state index is 13.6. The van der Waals surface area contributed by atoms with Crippen molar-refractivity contribution in [2.24, 2.45) is 0 Å². The molecule has 0 saturated heterocycles. The third-order valence-electron chi connectivity index (χ3n) is 1.86. The largest absolute Gasteiger partial charge is 0.619 e. The van der Waals surface area contributed by atoms with Gasteiger partial charge in [-0.25, -0.2) is 4.39 Å². The zero-order valence-electron chi connectivity index (χ0n) is 8.11. The van der Waals surface area contributed by atoms with Crippen LogP contribution in [0.5, 0.6) is 0 Å². The van der Waals surface area contributed by atoms with E-state index in [-0.39, 0.29) is 0 Å². The lowest BCUT2D eigenvalue weighted by molar-refractivity contribution is -0.606. The molecule has 0 fully saturated rings. The Morgan fingerprint density at radius 2 is 2.29 bits per heavy atom. The lowest BCUT2D eigenvalue weighted by atomic mass is 9.98. The van der Waals surface area contributed by atoms with Crippen molar-refractivity contribution in [2.75, 3.05) is 0 Å². The number of halogens is 1. The first kappa shape index (κ1) is 10.9. The number of ether oxygens (including phenoxy) is 1. The predicted molar refractivity (Wildman–Crippen MR) is 48.7 cm³/mol. The van der Waals surface area contributed by atoms with Crippen molar-refractivity contribution < 1.29 is 13.9 Å². The predicted octanol–water partition coefficient (Wildman–Crippen LogP) is 1.79. The summed E-state index contributed by atoms with van der Waals surface area (Å²) in [6.07, 6.45) is 1.60. The third kappa shape index (κ3) is 2.42. The van der Waals surface area contributed by atoms with Gasteiger partial charge in [0, 0.05) is 11.6 Å². The van der Waals surface area contributed by atoms with Crippen LogP contribution in [-0.4, -0.2) is 5.67 Å². The molecule has 0 saturated carbocycles. The topological polar surface area (TPSA) is 36.2 Å². The smallest absolute Gasteiger partial charge is 0.186 e. The molecular formula is C10H12FNO2. The van der Waals surface area contributed by atoms with Crippen LogP contribution in [0, 0.1) is 12.3 Å². The van der Waals surface area contributed by atoms with Gasteiger partial charge in [-0.1, -0.05) is 0 Å². The van der Waals surface area contributed by atoms with Crippen molar-refractivity contribution in [3.8, 4) is 0 Å². The molecule has 1 aromatic rings. The minimum atomic E-state index is -1.64. The van der Waals surface area contributed by atoms with Gasteiger partial charge in [0.05, 0.1) is 0 Å². The molecule has 1 atom stereocenters. The minimum absolute atomic E-state index is 0.414. The van der Waals surface area contributed by atoms with Crippen LogP contribution in [0.3, 0.4) is 0 Å². The van der Waals surface area contributed by atoms with Gasteiger partial charge in [0.15, 0.2) is 12.4 Å². The summed E-state index contributed by atoms with van der Waals surface area (Å²) < 4.78 is 18.7. The Hall–Kier alpha value is -1.16. The minimum Gasteiger partial charge on any atom is -0.619 e. The van der Waals surface area contributed by atoms with Gasteiger partial charge >= 0.3 is 0 Å². The summed E-state index contributed by atoms with van der Waals surface area (Å²) in [7, 11) is 4.99. The fourth-order valence-electron chi connectivity index (χ4n) is 1.26. The highest BCUT2D eigenvalue weighted by molar-refractivity contribution is 5.13. The molecule has 1 heterocycles. The summed E-state index contributed by atoms with van der Waals surface area (Å²) in [5, 5.41) is 10.9. The second-order valence-electron chi connectivity index (χ2n) is 3.58. The van der Waals surface area contributed by atoms with E-state index in [4.69, 9.17) is 7.11 Å². The zero-order chi connectivity index (χ0) is 10.8. The molecular weight excluding hydrogens is 185 g/mol. The van der Waals surface area contributed by atoms with Crippen molar-refractivity contribution in [3.05, 3.63) is 42.4 Å². The van der Waals surface area contributed by atoms with Crippen molar-refractivity contribution in [3.63, 3.8) is 0 Å². The van der Waals surface area contributed by atoms with Crippen LogP contribution in [-0.2, 0) is 4.74 Å². The first-order chi connectivity index (χ1) is 6.45. The van der Waals surface area contributed by atoms with Crippen molar-refractivity contribution in [2.45, 2.75) is 25.6 Å². The third-order valence-corrected chi connectivity index (χ3v) is 1.86. The molecule has 4 heteroatoms. The van der Waals surface area contributed by atoms with Crippen molar-refractivity contribution >= 4 is 0 Å². The van der Waals surface area contributed by atoms with E-state index in [1.165, 1.54) is 32.3 Å². The highest BCUT2D eigenvalue weighted by Gasteiger charge is 2.32. The average Bonchev–Trinajstić information content (AvgIpc) is 2.02. The molecule has 0 aliphatic carbocycles. The molecule has 1 aromatic heterocycles. The molecule has 3 nitrogen and oxygen atoms in total. The summed E-state index contributed by atoms with van der Waals surface area (Å²) in [6.45, 7) is 2.68. The summed E-state index contributed by atoms with van der Waals surface area (Å²) >= 11 is 0. The molecule has 0 N–H and O–H groups in total. The lowest BCUT2D eigenvalue weighted by Gasteiger charge is -2.24. The monoisotopic (exact) mass is 197 g/mol. The van der Waals surface area contributed by atoms with Gasteiger partial charge in [0.1, 0.15) is 18.9 Å². The number of hydrogen-bond acceptors (Lipinski definition) is 2. The number of alkyl halides is 1. The summed E-state index contributed by atoms with van der Waals surface area (Å²) in [6, 6.07) is 3.10. The fourth-order valence-corrected chi connectivity index (χ4v) is 1.26. The molecule has 2 radical (unpaired) electrons. The molecule has 0 aromatic carbocycles. The Kier molecular flexibility index (Phi) is 3.06. The van der Waals surface area contributed by atoms with Gasteiger partial charge in [-0.3, -0.25) is 0 Å². The standard InChI is InChI=1S/C10H12FNO2/c1-10(2,11)9(14-3)8-5-4-6-12(13)7-8/h3-7,9H,1-2H3. The summed E-state index contributed by atoms with van der Waals surface area (Å²) in [5.74, 6) is 0.